The van der Waals surface area contributed by atoms with E-state index in [0.29, 0.717) is 0 Å². The molecule has 20 heavy (non-hydrogen) atoms. The van der Waals surface area contributed by atoms with Crippen molar-refractivity contribution in [3.8, 4) is 27.6 Å². The summed E-state index contributed by atoms with van der Waals surface area (Å²) in [5.74, 6) is -0.0338. The number of rotatable bonds is 2. The summed E-state index contributed by atoms with van der Waals surface area (Å²) >= 11 is 1.56. The van der Waals surface area contributed by atoms with Gasteiger partial charge >= 0.3 is 0 Å². The average Bonchev–Trinajstić information content (AvgIpc) is 2.82. The molecule has 3 rings (SSSR count). The number of halogens is 1. The van der Waals surface area contributed by atoms with E-state index < -0.39 is 0 Å². The molecular weight excluding hydrogens is 273 g/mol. The highest BCUT2D eigenvalue weighted by Crippen LogP contribution is 2.34. The Balaban J connectivity index is 2.05. The quantitative estimate of drug-likeness (QED) is 0.744. The second-order valence-corrected chi connectivity index (χ2v) is 5.68. The molecule has 2 aromatic carbocycles. The van der Waals surface area contributed by atoms with Gasteiger partial charge in [0.2, 0.25) is 0 Å². The van der Waals surface area contributed by atoms with Crippen LogP contribution >= 0.6 is 11.3 Å². The van der Waals surface area contributed by atoms with Crippen molar-refractivity contribution in [3.05, 3.63) is 59.2 Å². The molecule has 100 valence electrons. The minimum absolute atomic E-state index is 0.221. The smallest absolute Gasteiger partial charge is 0.124 e. The second kappa shape index (κ2) is 5.06. The third kappa shape index (κ3) is 2.42. The summed E-state index contributed by atoms with van der Waals surface area (Å²) in [6, 6.07) is 13.3. The molecule has 1 N–H and O–H groups in total. The first-order valence-electron chi connectivity index (χ1n) is 6.16. The van der Waals surface area contributed by atoms with E-state index in [9.17, 15) is 9.50 Å². The zero-order chi connectivity index (χ0) is 14.1. The van der Waals surface area contributed by atoms with Gasteiger partial charge in [-0.05, 0) is 43.3 Å². The van der Waals surface area contributed by atoms with Crippen molar-refractivity contribution in [2.24, 2.45) is 0 Å². The number of benzene rings is 2. The van der Waals surface area contributed by atoms with Crippen LogP contribution in [0.4, 0.5) is 4.39 Å². The zero-order valence-electron chi connectivity index (χ0n) is 10.8. The first-order chi connectivity index (χ1) is 9.63. The Labute approximate surface area is 120 Å². The molecule has 1 heterocycles. The van der Waals surface area contributed by atoms with E-state index in [-0.39, 0.29) is 11.6 Å². The third-order valence-electron chi connectivity index (χ3n) is 3.01. The number of aromatic hydroxyl groups is 1. The van der Waals surface area contributed by atoms with Crippen LogP contribution in [0, 0.1) is 12.7 Å². The number of phenolic OH excluding ortho intramolecular Hbond substituents is 1. The summed E-state index contributed by atoms with van der Waals surface area (Å²) in [6.45, 7) is 1.99. The number of thiazole rings is 1. The molecule has 0 bridgehead atoms. The van der Waals surface area contributed by atoms with E-state index in [2.05, 4.69) is 4.98 Å². The van der Waals surface area contributed by atoms with Crippen LogP contribution in [0.25, 0.3) is 21.8 Å². The minimum Gasteiger partial charge on any atom is -0.508 e. The van der Waals surface area contributed by atoms with Gasteiger partial charge in [-0.3, -0.25) is 0 Å². The predicted molar refractivity (Wildman–Crippen MR) is 79.3 cm³/mol. The molecule has 0 aliphatic carbocycles. The maximum Gasteiger partial charge on any atom is 0.124 e. The lowest BCUT2D eigenvalue weighted by molar-refractivity contribution is 0.475. The van der Waals surface area contributed by atoms with Gasteiger partial charge in [-0.25, -0.2) is 9.37 Å². The average molecular weight is 285 g/mol. The number of aryl methyl sites for hydroxylation is 1. The molecule has 2 nitrogen and oxygen atoms in total. The van der Waals surface area contributed by atoms with E-state index in [1.807, 2.05) is 13.0 Å². The highest BCUT2D eigenvalue weighted by molar-refractivity contribution is 7.15. The predicted octanol–water partition coefficient (Wildman–Crippen LogP) is 4.63. The lowest BCUT2D eigenvalue weighted by atomic mass is 10.1. The van der Waals surface area contributed by atoms with Gasteiger partial charge in [0.05, 0.1) is 5.69 Å². The monoisotopic (exact) mass is 285 g/mol. The highest BCUT2D eigenvalue weighted by Gasteiger charge is 2.11. The van der Waals surface area contributed by atoms with Gasteiger partial charge in [0.1, 0.15) is 16.6 Å². The molecule has 0 radical (unpaired) electrons. The first kappa shape index (κ1) is 12.8. The normalized spacial score (nSPS) is 10.7. The van der Waals surface area contributed by atoms with Crippen LogP contribution < -0.4 is 0 Å². The van der Waals surface area contributed by atoms with Crippen molar-refractivity contribution in [1.29, 1.82) is 0 Å². The minimum atomic E-state index is -0.255. The van der Waals surface area contributed by atoms with Gasteiger partial charge in [-0.15, -0.1) is 11.3 Å². The number of hydrogen-bond acceptors (Lipinski definition) is 3. The van der Waals surface area contributed by atoms with Crippen molar-refractivity contribution in [3.63, 3.8) is 0 Å². The van der Waals surface area contributed by atoms with Gasteiger partial charge in [-0.1, -0.05) is 12.1 Å². The maximum absolute atomic E-state index is 13.0. The molecule has 0 amide bonds. The number of nitrogens with zero attached hydrogens (tertiary/aromatic N) is 1. The van der Waals surface area contributed by atoms with Crippen molar-refractivity contribution in [2.75, 3.05) is 0 Å². The summed E-state index contributed by atoms with van der Waals surface area (Å²) in [5.41, 5.74) is 2.63. The second-order valence-electron chi connectivity index (χ2n) is 4.48. The molecule has 0 spiro atoms. The summed E-state index contributed by atoms with van der Waals surface area (Å²) in [7, 11) is 0. The van der Waals surface area contributed by atoms with E-state index in [4.69, 9.17) is 0 Å². The van der Waals surface area contributed by atoms with Crippen molar-refractivity contribution >= 4 is 11.3 Å². The molecule has 0 aliphatic heterocycles. The van der Waals surface area contributed by atoms with Crippen molar-refractivity contribution in [1.82, 2.24) is 4.98 Å². The standard InChI is InChI=1S/C16H12FNOS/c1-10-15(11-5-7-13(17)8-6-11)18-16(20-10)12-3-2-4-14(19)9-12/h2-9,19H,1H3. The lowest BCUT2D eigenvalue weighted by Gasteiger charge is -1.98. The lowest BCUT2D eigenvalue weighted by Crippen LogP contribution is -1.82. The number of hydrogen-bond donors (Lipinski definition) is 1. The van der Waals surface area contributed by atoms with Gasteiger partial charge in [0.15, 0.2) is 0 Å². The Bertz CT molecular complexity index is 749. The molecule has 3 aromatic rings. The third-order valence-corrected chi connectivity index (χ3v) is 4.03. The van der Waals surface area contributed by atoms with Gasteiger partial charge in [0, 0.05) is 16.0 Å². The Kier molecular flexibility index (Phi) is 3.24. The molecular formula is C16H12FNOS. The largest absolute Gasteiger partial charge is 0.508 e. The van der Waals surface area contributed by atoms with E-state index in [0.717, 1.165) is 26.7 Å². The van der Waals surface area contributed by atoms with Crippen LogP contribution in [0.2, 0.25) is 0 Å². The fourth-order valence-electron chi connectivity index (χ4n) is 2.03. The van der Waals surface area contributed by atoms with Gasteiger partial charge < -0.3 is 5.11 Å². The van der Waals surface area contributed by atoms with Crippen LogP contribution in [-0.4, -0.2) is 10.1 Å². The van der Waals surface area contributed by atoms with Crippen molar-refractivity contribution in [2.45, 2.75) is 6.92 Å². The molecule has 0 unspecified atom stereocenters. The summed E-state index contributed by atoms with van der Waals surface area (Å²) in [5, 5.41) is 10.4. The molecule has 1 aromatic heterocycles. The summed E-state index contributed by atoms with van der Waals surface area (Å²) < 4.78 is 13.0. The molecule has 0 saturated carbocycles. The number of phenols is 1. The Morgan fingerprint density at radius 2 is 1.80 bits per heavy atom. The van der Waals surface area contributed by atoms with Gasteiger partial charge in [0.25, 0.3) is 0 Å². The SMILES string of the molecule is Cc1sc(-c2cccc(O)c2)nc1-c1ccc(F)cc1. The molecule has 4 heteroatoms. The van der Waals surface area contributed by atoms with Crippen LogP contribution in [0.3, 0.4) is 0 Å². The molecule has 0 saturated heterocycles. The van der Waals surface area contributed by atoms with E-state index in [1.165, 1.54) is 12.1 Å². The van der Waals surface area contributed by atoms with Crippen LogP contribution in [0.15, 0.2) is 48.5 Å². The fourth-order valence-corrected chi connectivity index (χ4v) is 2.97. The van der Waals surface area contributed by atoms with Crippen molar-refractivity contribution < 1.29 is 9.50 Å². The molecule has 0 fully saturated rings. The van der Waals surface area contributed by atoms with E-state index >= 15 is 0 Å². The highest BCUT2D eigenvalue weighted by atomic mass is 32.1. The molecule has 0 aliphatic rings. The first-order valence-corrected chi connectivity index (χ1v) is 6.98. The Morgan fingerprint density at radius 1 is 1.05 bits per heavy atom. The Hall–Kier alpha value is -2.20. The topological polar surface area (TPSA) is 33.1 Å². The Morgan fingerprint density at radius 3 is 2.50 bits per heavy atom. The zero-order valence-corrected chi connectivity index (χ0v) is 11.6. The van der Waals surface area contributed by atoms with Crippen LogP contribution in [0.5, 0.6) is 5.75 Å². The summed E-state index contributed by atoms with van der Waals surface area (Å²) in [4.78, 5) is 5.67. The van der Waals surface area contributed by atoms with Crippen LogP contribution in [-0.2, 0) is 0 Å². The van der Waals surface area contributed by atoms with Crippen LogP contribution in [0.1, 0.15) is 4.88 Å². The maximum atomic E-state index is 13.0. The van der Waals surface area contributed by atoms with Gasteiger partial charge in [-0.2, -0.15) is 0 Å². The molecule has 0 atom stereocenters. The fraction of sp³-hybridized carbons (Fsp3) is 0.0625. The van der Waals surface area contributed by atoms with E-state index in [1.54, 1.807) is 41.7 Å². The number of aromatic nitrogens is 1. The summed E-state index contributed by atoms with van der Waals surface area (Å²) in [6.07, 6.45) is 0.